The third kappa shape index (κ3) is 3.21. The molecule has 0 saturated heterocycles. The van der Waals surface area contributed by atoms with E-state index in [4.69, 9.17) is 5.73 Å². The molecule has 0 atom stereocenters. The van der Waals surface area contributed by atoms with E-state index in [1.54, 1.807) is 23.1 Å². The number of hydrogen-bond acceptors (Lipinski definition) is 4. The Labute approximate surface area is 118 Å². The van der Waals surface area contributed by atoms with Gasteiger partial charge >= 0.3 is 0 Å². The summed E-state index contributed by atoms with van der Waals surface area (Å²) in [6, 6.07) is 3.59. The maximum absolute atomic E-state index is 12.2. The predicted molar refractivity (Wildman–Crippen MR) is 77.6 cm³/mol. The zero-order valence-electron chi connectivity index (χ0n) is 11.8. The number of aromatic nitrogens is 3. The minimum Gasteiger partial charge on any atom is -0.330 e. The first-order valence-electron chi connectivity index (χ1n) is 6.58. The van der Waals surface area contributed by atoms with Gasteiger partial charge in [-0.15, -0.1) is 0 Å². The number of nitrogens with two attached hydrogens (primary N) is 1. The van der Waals surface area contributed by atoms with E-state index in [1.807, 2.05) is 19.9 Å². The summed E-state index contributed by atoms with van der Waals surface area (Å²) in [6.07, 6.45) is 4.10. The fourth-order valence-electron chi connectivity index (χ4n) is 1.96. The lowest BCUT2D eigenvalue weighted by Gasteiger charge is -2.06. The number of anilines is 1. The van der Waals surface area contributed by atoms with Crippen molar-refractivity contribution in [1.29, 1.82) is 0 Å². The van der Waals surface area contributed by atoms with Crippen LogP contribution < -0.4 is 11.1 Å². The molecule has 0 aliphatic carbocycles. The molecule has 0 radical (unpaired) electrons. The van der Waals surface area contributed by atoms with E-state index >= 15 is 0 Å². The van der Waals surface area contributed by atoms with Crippen molar-refractivity contribution in [1.82, 2.24) is 14.8 Å². The second-order valence-electron chi connectivity index (χ2n) is 4.65. The first kappa shape index (κ1) is 14.2. The largest absolute Gasteiger partial charge is 0.330 e. The van der Waals surface area contributed by atoms with Gasteiger partial charge < -0.3 is 11.1 Å². The second kappa shape index (κ2) is 6.29. The lowest BCUT2D eigenvalue weighted by atomic mass is 10.2. The second-order valence-corrected chi connectivity index (χ2v) is 4.65. The van der Waals surface area contributed by atoms with Gasteiger partial charge in [0.25, 0.3) is 5.91 Å². The normalized spacial score (nSPS) is 10.6. The maximum Gasteiger partial charge on any atom is 0.259 e. The van der Waals surface area contributed by atoms with E-state index in [9.17, 15) is 4.79 Å². The Bertz CT molecular complexity index is 605. The molecule has 0 aromatic carbocycles. The number of rotatable bonds is 5. The molecule has 0 bridgehead atoms. The topological polar surface area (TPSA) is 85.8 Å². The van der Waals surface area contributed by atoms with Gasteiger partial charge in [0.05, 0.1) is 11.8 Å². The Morgan fingerprint density at radius 3 is 2.95 bits per heavy atom. The molecule has 6 heteroatoms. The SMILES string of the molecule is Cc1cc(NC(=O)c2cnn(CCCN)c2C)ccn1. The fraction of sp³-hybridized carbons (Fsp3) is 0.357. The number of carbonyl (C=O) groups is 1. The summed E-state index contributed by atoms with van der Waals surface area (Å²) in [4.78, 5) is 16.3. The van der Waals surface area contributed by atoms with Crippen molar-refractivity contribution in [2.45, 2.75) is 26.8 Å². The molecule has 106 valence electrons. The number of amides is 1. The highest BCUT2D eigenvalue weighted by atomic mass is 16.1. The number of aryl methyl sites for hydroxylation is 2. The highest BCUT2D eigenvalue weighted by Crippen LogP contribution is 2.12. The van der Waals surface area contributed by atoms with Crippen LogP contribution in [0.5, 0.6) is 0 Å². The monoisotopic (exact) mass is 273 g/mol. The molecule has 2 aromatic heterocycles. The van der Waals surface area contributed by atoms with Gasteiger partial charge in [0, 0.05) is 29.8 Å². The van der Waals surface area contributed by atoms with E-state index in [2.05, 4.69) is 15.4 Å². The molecule has 2 aromatic rings. The summed E-state index contributed by atoms with van der Waals surface area (Å²) in [5.41, 5.74) is 8.50. The van der Waals surface area contributed by atoms with E-state index in [0.29, 0.717) is 12.1 Å². The lowest BCUT2D eigenvalue weighted by molar-refractivity contribution is 0.102. The highest BCUT2D eigenvalue weighted by molar-refractivity contribution is 6.04. The van der Waals surface area contributed by atoms with Crippen LogP contribution in [-0.2, 0) is 6.54 Å². The summed E-state index contributed by atoms with van der Waals surface area (Å²) in [6.45, 7) is 5.10. The highest BCUT2D eigenvalue weighted by Gasteiger charge is 2.14. The Kier molecular flexibility index (Phi) is 4.47. The smallest absolute Gasteiger partial charge is 0.259 e. The van der Waals surface area contributed by atoms with Crippen molar-refractivity contribution in [2.24, 2.45) is 5.73 Å². The van der Waals surface area contributed by atoms with Crippen LogP contribution in [0.2, 0.25) is 0 Å². The molecule has 0 spiro atoms. The first-order chi connectivity index (χ1) is 9.61. The van der Waals surface area contributed by atoms with Gasteiger partial charge in [-0.2, -0.15) is 5.10 Å². The molecular weight excluding hydrogens is 254 g/mol. The summed E-state index contributed by atoms with van der Waals surface area (Å²) in [5, 5.41) is 7.07. The average molecular weight is 273 g/mol. The molecule has 0 aliphatic heterocycles. The van der Waals surface area contributed by atoms with Crippen LogP contribution in [0.25, 0.3) is 0 Å². The van der Waals surface area contributed by atoms with Crippen molar-refractivity contribution in [3.63, 3.8) is 0 Å². The zero-order valence-corrected chi connectivity index (χ0v) is 11.8. The van der Waals surface area contributed by atoms with Gasteiger partial charge in [-0.25, -0.2) is 0 Å². The maximum atomic E-state index is 12.2. The van der Waals surface area contributed by atoms with E-state index in [0.717, 1.165) is 30.0 Å². The molecule has 0 saturated carbocycles. The molecule has 2 rings (SSSR count). The van der Waals surface area contributed by atoms with Crippen LogP contribution in [0.4, 0.5) is 5.69 Å². The zero-order chi connectivity index (χ0) is 14.5. The van der Waals surface area contributed by atoms with Gasteiger partial charge in [0.1, 0.15) is 0 Å². The van der Waals surface area contributed by atoms with Crippen LogP contribution in [0.1, 0.15) is 28.2 Å². The van der Waals surface area contributed by atoms with Crippen molar-refractivity contribution in [2.75, 3.05) is 11.9 Å². The Balaban J connectivity index is 2.11. The van der Waals surface area contributed by atoms with Gasteiger partial charge in [-0.05, 0) is 38.9 Å². The van der Waals surface area contributed by atoms with Crippen molar-refractivity contribution >= 4 is 11.6 Å². The predicted octanol–water partition coefficient (Wildman–Crippen LogP) is 1.50. The molecule has 0 unspecified atom stereocenters. The minimum atomic E-state index is -0.160. The Morgan fingerprint density at radius 1 is 1.45 bits per heavy atom. The molecule has 6 nitrogen and oxygen atoms in total. The van der Waals surface area contributed by atoms with Gasteiger partial charge in [0.15, 0.2) is 0 Å². The number of hydrogen-bond donors (Lipinski definition) is 2. The molecule has 2 heterocycles. The Hall–Kier alpha value is -2.21. The van der Waals surface area contributed by atoms with Crippen molar-refractivity contribution in [3.05, 3.63) is 41.5 Å². The summed E-state index contributed by atoms with van der Waals surface area (Å²) in [5.74, 6) is -0.160. The van der Waals surface area contributed by atoms with Gasteiger partial charge in [0.2, 0.25) is 0 Å². The van der Waals surface area contributed by atoms with Crippen LogP contribution >= 0.6 is 0 Å². The van der Waals surface area contributed by atoms with Crippen molar-refractivity contribution < 1.29 is 4.79 Å². The third-order valence-corrected chi connectivity index (χ3v) is 3.08. The van der Waals surface area contributed by atoms with Gasteiger partial charge in [-0.1, -0.05) is 0 Å². The molecular formula is C14H19N5O. The van der Waals surface area contributed by atoms with Crippen LogP contribution in [0, 0.1) is 13.8 Å². The molecule has 0 fully saturated rings. The quantitative estimate of drug-likeness (QED) is 0.864. The summed E-state index contributed by atoms with van der Waals surface area (Å²) < 4.78 is 1.81. The van der Waals surface area contributed by atoms with Crippen LogP contribution in [0.15, 0.2) is 24.5 Å². The average Bonchev–Trinajstić information content (AvgIpc) is 2.78. The third-order valence-electron chi connectivity index (χ3n) is 3.08. The van der Waals surface area contributed by atoms with Crippen LogP contribution in [-0.4, -0.2) is 27.2 Å². The molecule has 0 aliphatic rings. The van der Waals surface area contributed by atoms with Crippen LogP contribution in [0.3, 0.4) is 0 Å². The number of pyridine rings is 1. The molecule has 20 heavy (non-hydrogen) atoms. The number of carbonyl (C=O) groups excluding carboxylic acids is 1. The first-order valence-corrected chi connectivity index (χ1v) is 6.58. The number of nitrogens with one attached hydrogen (secondary N) is 1. The standard InChI is InChI=1S/C14H19N5O/c1-10-8-12(4-6-16-10)18-14(20)13-9-17-19(11(13)2)7-3-5-15/h4,6,8-9H,3,5,7,15H2,1-2H3,(H,16,18,20). The van der Waals surface area contributed by atoms with E-state index < -0.39 is 0 Å². The summed E-state index contributed by atoms with van der Waals surface area (Å²) in [7, 11) is 0. The van der Waals surface area contributed by atoms with E-state index in [-0.39, 0.29) is 5.91 Å². The Morgan fingerprint density at radius 2 is 2.25 bits per heavy atom. The van der Waals surface area contributed by atoms with Crippen molar-refractivity contribution in [3.8, 4) is 0 Å². The molecule has 1 amide bonds. The minimum absolute atomic E-state index is 0.160. The summed E-state index contributed by atoms with van der Waals surface area (Å²) >= 11 is 0. The molecule has 3 N–H and O–H groups in total. The van der Waals surface area contributed by atoms with Gasteiger partial charge in [-0.3, -0.25) is 14.5 Å². The fourth-order valence-corrected chi connectivity index (χ4v) is 1.96. The van der Waals surface area contributed by atoms with E-state index in [1.165, 1.54) is 0 Å². The lowest BCUT2D eigenvalue weighted by Crippen LogP contribution is -2.14. The number of nitrogens with zero attached hydrogens (tertiary/aromatic N) is 3.